The summed E-state index contributed by atoms with van der Waals surface area (Å²) in [6.45, 7) is 8.62. The quantitative estimate of drug-likeness (QED) is 0.315. The molecule has 0 fully saturated rings. The Labute approximate surface area is 218 Å². The van der Waals surface area contributed by atoms with E-state index in [1.165, 1.54) is 49.3 Å². The summed E-state index contributed by atoms with van der Waals surface area (Å²) in [5.74, 6) is 1.95. The van der Waals surface area contributed by atoms with Crippen LogP contribution in [0.4, 0.5) is 0 Å². The van der Waals surface area contributed by atoms with Crippen LogP contribution < -0.4 is 20.1 Å². The van der Waals surface area contributed by atoms with E-state index in [1.807, 2.05) is 0 Å². The summed E-state index contributed by atoms with van der Waals surface area (Å²) in [4.78, 5) is 2.34. The van der Waals surface area contributed by atoms with E-state index < -0.39 is 7.92 Å². The van der Waals surface area contributed by atoms with Gasteiger partial charge in [-0.25, -0.2) is 0 Å². The molecule has 0 N–H and O–H groups in total. The minimum Gasteiger partial charge on any atom is -0.496 e. The Balaban J connectivity index is 1.98. The van der Waals surface area contributed by atoms with E-state index in [0.29, 0.717) is 0 Å². The van der Waals surface area contributed by atoms with E-state index in [-0.39, 0.29) is 6.04 Å². The molecule has 0 unspecified atom stereocenters. The molecule has 1 atom stereocenters. The third-order valence-corrected chi connectivity index (χ3v) is 9.48. The second kappa shape index (κ2) is 11.0. The molecule has 3 aromatic rings. The monoisotopic (exact) mass is 499 g/mol. The molecule has 4 heteroatoms. The molecule has 0 bridgehead atoms. The predicted octanol–water partition coefficient (Wildman–Crippen LogP) is 6.89. The molecule has 4 rings (SSSR count). The smallest absolute Gasteiger partial charge is 0.124 e. The average molecular weight is 500 g/mol. The van der Waals surface area contributed by atoms with Crippen molar-refractivity contribution in [1.29, 1.82) is 0 Å². The Morgan fingerprint density at radius 1 is 0.750 bits per heavy atom. The fraction of sp³-hybridized carbons (Fsp3) is 0.312. The van der Waals surface area contributed by atoms with Gasteiger partial charge in [0.2, 0.25) is 0 Å². The van der Waals surface area contributed by atoms with Crippen LogP contribution in [0.15, 0.2) is 77.6 Å². The lowest BCUT2D eigenvalue weighted by Gasteiger charge is -2.30. The lowest BCUT2D eigenvalue weighted by atomic mass is 9.98. The number of allylic oxidation sites excluding steroid dienone is 2. The molecule has 3 aromatic carbocycles. The molecule has 36 heavy (non-hydrogen) atoms. The van der Waals surface area contributed by atoms with Gasteiger partial charge >= 0.3 is 0 Å². The number of hydrogen-bond donors (Lipinski definition) is 0. The maximum absolute atomic E-state index is 5.72. The number of nitrogens with zero attached hydrogens (tertiary/aromatic N) is 1. The van der Waals surface area contributed by atoms with Gasteiger partial charge in [0.05, 0.1) is 20.3 Å². The molecule has 0 spiro atoms. The Bertz CT molecular complexity index is 1200. The van der Waals surface area contributed by atoms with Crippen LogP contribution in [0, 0.1) is 27.7 Å². The van der Waals surface area contributed by atoms with Crippen LogP contribution in [0.3, 0.4) is 0 Å². The van der Waals surface area contributed by atoms with Crippen molar-refractivity contribution in [2.24, 2.45) is 0 Å². The standard InChI is InChI=1S/C32H38NO2P/c1-21-17-26(18-22(2)31(21)34-7)36(27-19-23(3)32(35-8)24(4)20-27)29-16-12-15-28(29)30(33(5)6)25-13-10-9-11-14-25/h9-15,17-20,30H,16H2,1-8H3/t30-/m1/s1. The fourth-order valence-corrected chi connectivity index (χ4v) is 8.55. The van der Waals surface area contributed by atoms with Crippen molar-refractivity contribution in [2.45, 2.75) is 40.2 Å². The molecule has 1 aliphatic carbocycles. The molecule has 0 aromatic heterocycles. The molecule has 188 valence electrons. The molecule has 0 amide bonds. The van der Waals surface area contributed by atoms with E-state index in [0.717, 1.165) is 17.9 Å². The third-order valence-electron chi connectivity index (χ3n) is 6.95. The van der Waals surface area contributed by atoms with Gasteiger partial charge in [0.1, 0.15) is 11.5 Å². The van der Waals surface area contributed by atoms with Gasteiger partial charge in [0.25, 0.3) is 0 Å². The Morgan fingerprint density at radius 3 is 1.64 bits per heavy atom. The maximum Gasteiger partial charge on any atom is 0.124 e. The number of hydrogen-bond acceptors (Lipinski definition) is 3. The number of benzene rings is 3. The van der Waals surface area contributed by atoms with Crippen LogP contribution in [0.25, 0.3) is 0 Å². The summed E-state index contributed by atoms with van der Waals surface area (Å²) >= 11 is 0. The van der Waals surface area contributed by atoms with E-state index in [2.05, 4.69) is 113 Å². The van der Waals surface area contributed by atoms with Crippen LogP contribution >= 0.6 is 7.92 Å². The molecule has 3 nitrogen and oxygen atoms in total. The Kier molecular flexibility index (Phi) is 8.03. The molecule has 0 radical (unpaired) electrons. The van der Waals surface area contributed by atoms with Crippen LogP contribution in [0.1, 0.15) is 40.3 Å². The van der Waals surface area contributed by atoms with Gasteiger partial charge in [0.15, 0.2) is 0 Å². The lowest BCUT2D eigenvalue weighted by molar-refractivity contribution is 0.341. The normalized spacial score (nSPS) is 14.2. The first kappa shape index (κ1) is 26.2. The molecular formula is C32H38NO2P. The number of methoxy groups -OCH3 is 2. The first-order valence-corrected chi connectivity index (χ1v) is 13.8. The topological polar surface area (TPSA) is 21.7 Å². The van der Waals surface area contributed by atoms with Gasteiger partial charge in [0, 0.05) is 0 Å². The van der Waals surface area contributed by atoms with Crippen molar-refractivity contribution in [3.8, 4) is 11.5 Å². The highest BCUT2D eigenvalue weighted by molar-refractivity contribution is 7.76. The van der Waals surface area contributed by atoms with Crippen molar-refractivity contribution in [2.75, 3.05) is 28.3 Å². The van der Waals surface area contributed by atoms with E-state index in [1.54, 1.807) is 14.2 Å². The Hall–Kier alpha value is -2.87. The van der Waals surface area contributed by atoms with Crippen molar-refractivity contribution < 1.29 is 9.47 Å². The van der Waals surface area contributed by atoms with Gasteiger partial charge in [-0.3, -0.25) is 4.90 Å². The molecule has 1 aliphatic rings. The second-order valence-corrected chi connectivity index (χ2v) is 12.1. The molecule has 0 heterocycles. The lowest BCUT2D eigenvalue weighted by Crippen LogP contribution is -2.23. The van der Waals surface area contributed by atoms with Crippen LogP contribution in [-0.4, -0.2) is 33.2 Å². The number of ether oxygens (including phenoxy) is 2. The summed E-state index contributed by atoms with van der Waals surface area (Å²) in [7, 11) is 7.12. The molecule has 0 aliphatic heterocycles. The third kappa shape index (κ3) is 5.01. The van der Waals surface area contributed by atoms with Crippen molar-refractivity contribution in [3.05, 3.63) is 105 Å². The van der Waals surface area contributed by atoms with Gasteiger partial charge in [-0.1, -0.05) is 42.5 Å². The summed E-state index contributed by atoms with van der Waals surface area (Å²) in [5.41, 5.74) is 7.46. The molecule has 0 saturated carbocycles. The highest BCUT2D eigenvalue weighted by atomic mass is 31.1. The molecule has 0 saturated heterocycles. The zero-order chi connectivity index (χ0) is 26.0. The van der Waals surface area contributed by atoms with E-state index in [9.17, 15) is 0 Å². The van der Waals surface area contributed by atoms with Crippen molar-refractivity contribution >= 4 is 18.5 Å². The summed E-state index contributed by atoms with van der Waals surface area (Å²) < 4.78 is 11.4. The minimum absolute atomic E-state index is 0.200. The summed E-state index contributed by atoms with van der Waals surface area (Å²) in [6.07, 6.45) is 5.66. The van der Waals surface area contributed by atoms with Crippen LogP contribution in [-0.2, 0) is 0 Å². The number of aryl methyl sites for hydroxylation is 4. The first-order valence-electron chi connectivity index (χ1n) is 12.5. The number of likely N-dealkylation sites (N-methyl/N-ethyl adjacent to an activating group) is 1. The van der Waals surface area contributed by atoms with Gasteiger partial charge < -0.3 is 9.47 Å². The highest BCUT2D eigenvalue weighted by Crippen LogP contribution is 2.53. The zero-order valence-electron chi connectivity index (χ0n) is 22.8. The molecular weight excluding hydrogens is 461 g/mol. The predicted molar refractivity (Wildman–Crippen MR) is 155 cm³/mol. The maximum atomic E-state index is 5.72. The van der Waals surface area contributed by atoms with E-state index in [4.69, 9.17) is 9.47 Å². The summed E-state index contributed by atoms with van der Waals surface area (Å²) in [6, 6.07) is 20.4. The van der Waals surface area contributed by atoms with E-state index >= 15 is 0 Å². The zero-order valence-corrected chi connectivity index (χ0v) is 23.7. The van der Waals surface area contributed by atoms with Crippen molar-refractivity contribution in [3.63, 3.8) is 0 Å². The highest BCUT2D eigenvalue weighted by Gasteiger charge is 2.30. The fourth-order valence-electron chi connectivity index (χ4n) is 5.59. The SMILES string of the molecule is COc1c(C)cc(P(C2=C([C@@H](c3ccccc3)N(C)C)C=CC2)c2cc(C)c(OC)c(C)c2)cc1C. The Morgan fingerprint density at radius 2 is 1.22 bits per heavy atom. The average Bonchev–Trinajstić information content (AvgIpc) is 3.28. The van der Waals surface area contributed by atoms with Crippen LogP contribution in [0.5, 0.6) is 11.5 Å². The van der Waals surface area contributed by atoms with Crippen molar-refractivity contribution in [1.82, 2.24) is 4.90 Å². The number of rotatable bonds is 8. The largest absolute Gasteiger partial charge is 0.496 e. The van der Waals surface area contributed by atoms with Gasteiger partial charge in [-0.15, -0.1) is 0 Å². The first-order chi connectivity index (χ1) is 17.3. The van der Waals surface area contributed by atoms with Gasteiger partial charge in [-0.05, 0) is 130 Å². The van der Waals surface area contributed by atoms with Gasteiger partial charge in [-0.2, -0.15) is 0 Å². The minimum atomic E-state index is -0.759. The summed E-state index contributed by atoms with van der Waals surface area (Å²) in [5, 5.41) is 4.25. The van der Waals surface area contributed by atoms with Crippen LogP contribution in [0.2, 0.25) is 0 Å². The second-order valence-electron chi connectivity index (χ2n) is 9.85.